The third-order valence-corrected chi connectivity index (χ3v) is 5.07. The molecule has 0 radical (unpaired) electrons. The lowest BCUT2D eigenvalue weighted by Gasteiger charge is -2.26. The molecule has 1 aromatic heterocycles. The first-order chi connectivity index (χ1) is 10.2. The van der Waals surface area contributed by atoms with Crippen LogP contribution in [0.3, 0.4) is 0 Å². The quantitative estimate of drug-likeness (QED) is 0.654. The summed E-state index contributed by atoms with van der Waals surface area (Å²) in [7, 11) is 2.21. The van der Waals surface area contributed by atoms with Gasteiger partial charge in [0.1, 0.15) is 5.01 Å². The summed E-state index contributed by atoms with van der Waals surface area (Å²) in [6.07, 6.45) is 2.39. The zero-order valence-electron chi connectivity index (χ0n) is 13.0. The number of thiazole rings is 1. The second-order valence-electron chi connectivity index (χ2n) is 5.36. The Bertz CT molecular complexity index is 563. The van der Waals surface area contributed by atoms with Gasteiger partial charge in [-0.2, -0.15) is 0 Å². The van der Waals surface area contributed by atoms with E-state index < -0.39 is 0 Å². The number of hydrogen-bond acceptors (Lipinski definition) is 3. The lowest BCUT2D eigenvalue weighted by molar-refractivity contribution is 0.222. The monoisotopic (exact) mass is 322 g/mol. The molecule has 0 saturated heterocycles. The van der Waals surface area contributed by atoms with Crippen LogP contribution in [0.2, 0.25) is 0 Å². The number of alkyl halides is 1. The van der Waals surface area contributed by atoms with Crippen molar-refractivity contribution in [2.24, 2.45) is 0 Å². The Morgan fingerprint density at radius 1 is 1.29 bits per heavy atom. The molecule has 1 aromatic carbocycles. The van der Waals surface area contributed by atoms with Crippen LogP contribution in [0, 0.1) is 0 Å². The van der Waals surface area contributed by atoms with E-state index in [1.165, 1.54) is 24.0 Å². The van der Waals surface area contributed by atoms with Gasteiger partial charge in [0.2, 0.25) is 0 Å². The van der Waals surface area contributed by atoms with Gasteiger partial charge in [0.05, 0.1) is 11.6 Å². The normalized spacial score (nSPS) is 11.5. The number of nitrogens with zero attached hydrogens (tertiary/aromatic N) is 2. The Balaban J connectivity index is 2.14. The van der Waals surface area contributed by atoms with E-state index in [-0.39, 0.29) is 0 Å². The van der Waals surface area contributed by atoms with Crippen molar-refractivity contribution in [2.75, 3.05) is 7.05 Å². The van der Waals surface area contributed by atoms with Crippen molar-refractivity contribution in [1.29, 1.82) is 0 Å². The van der Waals surface area contributed by atoms with Crippen molar-refractivity contribution >= 4 is 22.9 Å². The molecule has 0 amide bonds. The molecule has 0 N–H and O–H groups in total. The van der Waals surface area contributed by atoms with Crippen LogP contribution in [-0.2, 0) is 12.4 Å². The SMILES string of the molecule is CCC(CC)N(C)Cc1cccc(-c2nc(CCl)cs2)c1. The summed E-state index contributed by atoms with van der Waals surface area (Å²) in [4.78, 5) is 7.00. The third kappa shape index (κ3) is 4.29. The van der Waals surface area contributed by atoms with Gasteiger partial charge in [-0.05, 0) is 31.5 Å². The Morgan fingerprint density at radius 2 is 2.05 bits per heavy atom. The van der Waals surface area contributed by atoms with Crippen molar-refractivity contribution in [1.82, 2.24) is 9.88 Å². The van der Waals surface area contributed by atoms with Crippen molar-refractivity contribution in [3.8, 4) is 10.6 Å². The molecule has 4 heteroatoms. The molecule has 21 heavy (non-hydrogen) atoms. The fraction of sp³-hybridized carbons (Fsp3) is 0.471. The zero-order valence-corrected chi connectivity index (χ0v) is 14.5. The molecule has 0 atom stereocenters. The maximum Gasteiger partial charge on any atom is 0.123 e. The molecule has 0 aliphatic carbocycles. The topological polar surface area (TPSA) is 16.1 Å². The van der Waals surface area contributed by atoms with E-state index in [0.717, 1.165) is 17.2 Å². The summed E-state index contributed by atoms with van der Waals surface area (Å²) in [5.74, 6) is 0.480. The molecule has 2 rings (SSSR count). The van der Waals surface area contributed by atoms with Crippen molar-refractivity contribution in [3.63, 3.8) is 0 Å². The standard InChI is InChI=1S/C17H23ClN2S/c1-4-16(5-2)20(3)11-13-7-6-8-14(9-13)17-19-15(10-18)12-21-17/h6-9,12,16H,4-5,10-11H2,1-3H3. The lowest BCUT2D eigenvalue weighted by Crippen LogP contribution is -2.29. The van der Waals surface area contributed by atoms with Crippen LogP contribution in [0.5, 0.6) is 0 Å². The van der Waals surface area contributed by atoms with Crippen LogP contribution in [-0.4, -0.2) is 23.0 Å². The number of hydrogen-bond donors (Lipinski definition) is 0. The average molecular weight is 323 g/mol. The van der Waals surface area contributed by atoms with E-state index in [0.29, 0.717) is 11.9 Å². The first-order valence-corrected chi connectivity index (χ1v) is 8.89. The molecule has 0 bridgehead atoms. The lowest BCUT2D eigenvalue weighted by atomic mass is 10.1. The van der Waals surface area contributed by atoms with Gasteiger partial charge >= 0.3 is 0 Å². The first kappa shape index (κ1) is 16.5. The fourth-order valence-electron chi connectivity index (χ4n) is 2.63. The molecule has 0 aliphatic heterocycles. The maximum atomic E-state index is 5.83. The Hall–Kier alpha value is -0.900. The summed E-state index contributed by atoms with van der Waals surface area (Å²) in [6, 6.07) is 9.33. The minimum absolute atomic E-state index is 0.480. The van der Waals surface area contributed by atoms with Gasteiger partial charge in [0, 0.05) is 23.5 Å². The van der Waals surface area contributed by atoms with Gasteiger partial charge in [-0.1, -0.05) is 32.0 Å². The van der Waals surface area contributed by atoms with Crippen molar-refractivity contribution in [2.45, 2.75) is 45.2 Å². The molecule has 2 nitrogen and oxygen atoms in total. The smallest absolute Gasteiger partial charge is 0.123 e. The highest BCUT2D eigenvalue weighted by molar-refractivity contribution is 7.13. The summed E-state index contributed by atoms with van der Waals surface area (Å²) in [5.41, 5.74) is 3.48. The van der Waals surface area contributed by atoms with Crippen LogP contribution < -0.4 is 0 Å². The van der Waals surface area contributed by atoms with Gasteiger partial charge in [-0.3, -0.25) is 4.90 Å². The van der Waals surface area contributed by atoms with Gasteiger partial charge < -0.3 is 0 Å². The highest BCUT2D eigenvalue weighted by Crippen LogP contribution is 2.25. The van der Waals surface area contributed by atoms with Gasteiger partial charge in [0.15, 0.2) is 0 Å². The Labute approximate surface area is 136 Å². The molecule has 2 aromatic rings. The molecule has 0 saturated carbocycles. The third-order valence-electron chi connectivity index (χ3n) is 3.86. The minimum Gasteiger partial charge on any atom is -0.299 e. The molecule has 114 valence electrons. The second-order valence-corrected chi connectivity index (χ2v) is 6.49. The first-order valence-electron chi connectivity index (χ1n) is 7.47. The summed E-state index contributed by atoms with van der Waals surface area (Å²) >= 11 is 7.49. The fourth-order valence-corrected chi connectivity index (χ4v) is 3.68. The summed E-state index contributed by atoms with van der Waals surface area (Å²) in [5, 5.41) is 3.09. The van der Waals surface area contributed by atoms with E-state index in [4.69, 9.17) is 11.6 Å². The number of rotatable bonds is 7. The van der Waals surface area contributed by atoms with Crippen LogP contribution in [0.25, 0.3) is 10.6 Å². The summed E-state index contributed by atoms with van der Waals surface area (Å²) in [6.45, 7) is 5.49. The van der Waals surface area contributed by atoms with Gasteiger partial charge in [0.25, 0.3) is 0 Å². The van der Waals surface area contributed by atoms with E-state index in [9.17, 15) is 0 Å². The predicted molar refractivity (Wildman–Crippen MR) is 92.9 cm³/mol. The maximum absolute atomic E-state index is 5.83. The van der Waals surface area contributed by atoms with Gasteiger partial charge in [-0.25, -0.2) is 4.98 Å². The van der Waals surface area contributed by atoms with Crippen molar-refractivity contribution in [3.05, 3.63) is 40.9 Å². The van der Waals surface area contributed by atoms with E-state index in [2.05, 4.69) is 55.0 Å². The molecule has 0 fully saturated rings. The van der Waals surface area contributed by atoms with Crippen LogP contribution in [0.4, 0.5) is 0 Å². The molecule has 0 spiro atoms. The number of benzene rings is 1. The number of aromatic nitrogens is 1. The molecule has 0 unspecified atom stereocenters. The minimum atomic E-state index is 0.480. The van der Waals surface area contributed by atoms with Gasteiger partial charge in [-0.15, -0.1) is 22.9 Å². The number of halogens is 1. The van der Waals surface area contributed by atoms with Crippen LogP contribution in [0.1, 0.15) is 37.9 Å². The second kappa shape index (κ2) is 7.92. The Morgan fingerprint density at radius 3 is 2.67 bits per heavy atom. The Kier molecular flexibility index (Phi) is 6.22. The molecule has 0 aliphatic rings. The van der Waals surface area contributed by atoms with E-state index in [1.807, 2.05) is 5.38 Å². The largest absolute Gasteiger partial charge is 0.299 e. The summed E-state index contributed by atoms with van der Waals surface area (Å²) < 4.78 is 0. The van der Waals surface area contributed by atoms with Crippen molar-refractivity contribution < 1.29 is 0 Å². The highest BCUT2D eigenvalue weighted by atomic mass is 35.5. The van der Waals surface area contributed by atoms with E-state index in [1.54, 1.807) is 11.3 Å². The van der Waals surface area contributed by atoms with E-state index >= 15 is 0 Å². The predicted octanol–water partition coefficient (Wildman–Crippen LogP) is 5.17. The highest BCUT2D eigenvalue weighted by Gasteiger charge is 2.11. The molecular weight excluding hydrogens is 300 g/mol. The molecule has 1 heterocycles. The zero-order chi connectivity index (χ0) is 15.2. The van der Waals surface area contributed by atoms with Crippen LogP contribution in [0.15, 0.2) is 29.6 Å². The average Bonchev–Trinajstić information content (AvgIpc) is 2.98. The molecular formula is C17H23ClN2S. The van der Waals surface area contributed by atoms with Crippen LogP contribution >= 0.6 is 22.9 Å².